The molecular weight excluding hydrogens is 384 g/mol. The molecule has 0 saturated carbocycles. The van der Waals surface area contributed by atoms with E-state index < -0.39 is 0 Å². The fourth-order valence-electron chi connectivity index (χ4n) is 2.88. The Bertz CT molecular complexity index is 934. The molecule has 2 aromatic carbocycles. The summed E-state index contributed by atoms with van der Waals surface area (Å²) in [5, 5.41) is 10.9. The standard InChI is InChI=1S/C19H17ClN4O2S/c20-14-9-5-4-8-13(14)18-23-17(26-24-18)11-27-19-21-15(10-16(25)22-19)12-6-2-1-3-7-12/h1-9,15,19,21H,10-11H2,(H,22,25). The largest absolute Gasteiger partial charge is 0.338 e. The molecule has 8 heteroatoms. The zero-order chi connectivity index (χ0) is 18.6. The minimum Gasteiger partial charge on any atom is -0.338 e. The van der Waals surface area contributed by atoms with E-state index >= 15 is 0 Å². The van der Waals surface area contributed by atoms with Crippen LogP contribution in [0.5, 0.6) is 0 Å². The van der Waals surface area contributed by atoms with E-state index in [1.54, 1.807) is 6.07 Å². The van der Waals surface area contributed by atoms with E-state index in [1.807, 2.05) is 48.5 Å². The van der Waals surface area contributed by atoms with Crippen LogP contribution in [0.1, 0.15) is 23.9 Å². The second-order valence-corrected chi connectivity index (χ2v) is 7.58. The van der Waals surface area contributed by atoms with Gasteiger partial charge in [-0.15, -0.1) is 11.8 Å². The number of hydrogen-bond donors (Lipinski definition) is 2. The van der Waals surface area contributed by atoms with Gasteiger partial charge in [0.05, 0.1) is 10.8 Å². The molecule has 1 aliphatic rings. The molecule has 3 aromatic rings. The van der Waals surface area contributed by atoms with Gasteiger partial charge in [-0.25, -0.2) is 0 Å². The monoisotopic (exact) mass is 400 g/mol. The van der Waals surface area contributed by atoms with Crippen LogP contribution in [0.25, 0.3) is 11.4 Å². The van der Waals surface area contributed by atoms with Crippen molar-refractivity contribution in [3.63, 3.8) is 0 Å². The summed E-state index contributed by atoms with van der Waals surface area (Å²) in [5.74, 6) is 1.42. The van der Waals surface area contributed by atoms with Gasteiger partial charge in [-0.2, -0.15) is 4.98 Å². The van der Waals surface area contributed by atoms with E-state index in [9.17, 15) is 4.79 Å². The number of halogens is 1. The number of carbonyl (C=O) groups excluding carboxylic acids is 1. The average Bonchev–Trinajstić information content (AvgIpc) is 3.16. The fraction of sp³-hybridized carbons (Fsp3) is 0.211. The lowest BCUT2D eigenvalue weighted by Gasteiger charge is -2.31. The molecule has 2 unspecified atom stereocenters. The molecule has 0 radical (unpaired) electrons. The molecule has 2 N–H and O–H groups in total. The summed E-state index contributed by atoms with van der Waals surface area (Å²) in [7, 11) is 0. The van der Waals surface area contributed by atoms with Crippen LogP contribution < -0.4 is 10.6 Å². The number of carbonyl (C=O) groups is 1. The van der Waals surface area contributed by atoms with Crippen LogP contribution in [0.2, 0.25) is 5.02 Å². The van der Waals surface area contributed by atoms with Crippen molar-refractivity contribution >= 4 is 29.3 Å². The highest BCUT2D eigenvalue weighted by Crippen LogP contribution is 2.27. The highest BCUT2D eigenvalue weighted by Gasteiger charge is 2.27. The minimum atomic E-state index is -0.230. The van der Waals surface area contributed by atoms with Crippen molar-refractivity contribution in [3.8, 4) is 11.4 Å². The maximum atomic E-state index is 12.1. The summed E-state index contributed by atoms with van der Waals surface area (Å²) in [6, 6.07) is 17.3. The van der Waals surface area contributed by atoms with Crippen LogP contribution in [0.3, 0.4) is 0 Å². The van der Waals surface area contributed by atoms with E-state index in [2.05, 4.69) is 20.8 Å². The van der Waals surface area contributed by atoms with Crippen molar-refractivity contribution in [1.29, 1.82) is 0 Å². The van der Waals surface area contributed by atoms with E-state index in [0.717, 1.165) is 11.1 Å². The molecule has 2 atom stereocenters. The smallest absolute Gasteiger partial charge is 0.237 e. The first kappa shape index (κ1) is 18.0. The van der Waals surface area contributed by atoms with Crippen molar-refractivity contribution < 1.29 is 9.32 Å². The molecule has 0 spiro atoms. The first-order valence-corrected chi connectivity index (χ1v) is 9.91. The number of nitrogens with one attached hydrogen (secondary N) is 2. The highest BCUT2D eigenvalue weighted by molar-refractivity contribution is 7.99. The molecule has 0 aliphatic carbocycles. The second kappa shape index (κ2) is 8.12. The van der Waals surface area contributed by atoms with Crippen molar-refractivity contribution in [1.82, 2.24) is 20.8 Å². The normalized spacial score (nSPS) is 19.7. The van der Waals surface area contributed by atoms with Gasteiger partial charge >= 0.3 is 0 Å². The van der Waals surface area contributed by atoms with Crippen LogP contribution in [0.15, 0.2) is 59.1 Å². The summed E-state index contributed by atoms with van der Waals surface area (Å²) in [5.41, 5.74) is 1.59. The van der Waals surface area contributed by atoms with Gasteiger partial charge in [0.2, 0.25) is 17.6 Å². The average molecular weight is 401 g/mol. The van der Waals surface area contributed by atoms with Crippen LogP contribution in [-0.4, -0.2) is 21.5 Å². The van der Waals surface area contributed by atoms with Gasteiger partial charge in [0.15, 0.2) is 0 Å². The predicted molar refractivity (Wildman–Crippen MR) is 105 cm³/mol. The first-order chi connectivity index (χ1) is 13.2. The molecular formula is C19H17ClN4O2S. The Balaban J connectivity index is 1.40. The van der Waals surface area contributed by atoms with Crippen LogP contribution in [-0.2, 0) is 10.5 Å². The highest BCUT2D eigenvalue weighted by atomic mass is 35.5. The Kier molecular flexibility index (Phi) is 5.42. The summed E-state index contributed by atoms with van der Waals surface area (Å²) in [6.07, 6.45) is 0.415. The lowest BCUT2D eigenvalue weighted by molar-refractivity contribution is -0.123. The number of aromatic nitrogens is 2. The zero-order valence-electron chi connectivity index (χ0n) is 14.3. The number of rotatable bonds is 5. The Hall–Kier alpha value is -2.35. The molecule has 0 bridgehead atoms. The molecule has 1 saturated heterocycles. The Morgan fingerprint density at radius 3 is 2.74 bits per heavy atom. The van der Waals surface area contributed by atoms with Gasteiger partial charge in [-0.3, -0.25) is 10.1 Å². The molecule has 1 amide bonds. The molecule has 2 heterocycles. The molecule has 6 nitrogen and oxygen atoms in total. The Morgan fingerprint density at radius 2 is 1.93 bits per heavy atom. The maximum Gasteiger partial charge on any atom is 0.237 e. The molecule has 4 rings (SSSR count). The Labute approximate surface area is 165 Å². The van der Waals surface area contributed by atoms with Gasteiger partial charge in [0.1, 0.15) is 5.50 Å². The third-order valence-corrected chi connectivity index (χ3v) is 5.52. The van der Waals surface area contributed by atoms with Gasteiger partial charge in [0.25, 0.3) is 0 Å². The van der Waals surface area contributed by atoms with E-state index in [1.165, 1.54) is 11.8 Å². The number of hydrogen-bond acceptors (Lipinski definition) is 6. The van der Waals surface area contributed by atoms with Crippen molar-refractivity contribution in [2.75, 3.05) is 0 Å². The van der Waals surface area contributed by atoms with Crippen molar-refractivity contribution in [2.24, 2.45) is 0 Å². The third kappa shape index (κ3) is 4.32. The first-order valence-electron chi connectivity index (χ1n) is 8.48. The quantitative estimate of drug-likeness (QED) is 0.678. The molecule has 1 aromatic heterocycles. The maximum absolute atomic E-state index is 12.1. The summed E-state index contributed by atoms with van der Waals surface area (Å²) in [6.45, 7) is 0. The molecule has 1 aliphatic heterocycles. The van der Waals surface area contributed by atoms with E-state index in [0.29, 0.717) is 28.9 Å². The fourth-order valence-corrected chi connectivity index (χ4v) is 4.01. The van der Waals surface area contributed by atoms with Gasteiger partial charge in [0, 0.05) is 18.0 Å². The lowest BCUT2D eigenvalue weighted by atomic mass is 10.0. The van der Waals surface area contributed by atoms with Gasteiger partial charge in [-0.1, -0.05) is 59.2 Å². The number of amides is 1. The lowest BCUT2D eigenvalue weighted by Crippen LogP contribution is -2.50. The second-order valence-electron chi connectivity index (χ2n) is 6.08. The summed E-state index contributed by atoms with van der Waals surface area (Å²) < 4.78 is 5.32. The van der Waals surface area contributed by atoms with Crippen LogP contribution >= 0.6 is 23.4 Å². The van der Waals surface area contributed by atoms with Crippen LogP contribution in [0, 0.1) is 0 Å². The topological polar surface area (TPSA) is 80.1 Å². The number of thioether (sulfide) groups is 1. The van der Waals surface area contributed by atoms with Crippen LogP contribution in [0.4, 0.5) is 0 Å². The van der Waals surface area contributed by atoms with Crippen molar-refractivity contribution in [3.05, 3.63) is 71.1 Å². The summed E-state index contributed by atoms with van der Waals surface area (Å²) in [4.78, 5) is 16.5. The number of benzene rings is 2. The SMILES string of the molecule is O=C1CC(c2ccccc2)NC(SCc2nc(-c3ccccc3Cl)no2)N1. The number of nitrogens with zero attached hydrogens (tertiary/aromatic N) is 2. The third-order valence-electron chi connectivity index (χ3n) is 4.19. The Morgan fingerprint density at radius 1 is 1.15 bits per heavy atom. The van der Waals surface area contributed by atoms with Gasteiger partial charge in [-0.05, 0) is 17.7 Å². The van der Waals surface area contributed by atoms with E-state index in [4.69, 9.17) is 16.1 Å². The van der Waals surface area contributed by atoms with Crippen molar-refractivity contribution in [2.45, 2.75) is 23.7 Å². The molecule has 27 heavy (non-hydrogen) atoms. The minimum absolute atomic E-state index is 0.0150. The van der Waals surface area contributed by atoms with E-state index in [-0.39, 0.29) is 17.4 Å². The zero-order valence-corrected chi connectivity index (χ0v) is 15.8. The molecule has 1 fully saturated rings. The van der Waals surface area contributed by atoms with Gasteiger partial charge < -0.3 is 9.84 Å². The molecule has 138 valence electrons. The predicted octanol–water partition coefficient (Wildman–Crippen LogP) is 3.76. The summed E-state index contributed by atoms with van der Waals surface area (Å²) >= 11 is 7.67.